The average Bonchev–Trinajstić information content (AvgIpc) is 2.64. The first-order valence-corrected chi connectivity index (χ1v) is 8.27. The minimum absolute atomic E-state index is 0.111. The van der Waals surface area contributed by atoms with E-state index in [2.05, 4.69) is 21.8 Å². The number of likely N-dealkylation sites (N-methyl/N-ethyl adjacent to an activating group) is 1. The summed E-state index contributed by atoms with van der Waals surface area (Å²) in [6, 6.07) is 18.2. The molecule has 0 saturated carbocycles. The second kappa shape index (κ2) is 9.77. The Balaban J connectivity index is 2.16. The minimum atomic E-state index is -0.363. The number of rotatable bonds is 8. The van der Waals surface area contributed by atoms with Crippen molar-refractivity contribution >= 4 is 12.0 Å². The van der Waals surface area contributed by atoms with Crippen molar-refractivity contribution in [1.82, 2.24) is 4.90 Å². The zero-order valence-electron chi connectivity index (χ0n) is 15.0. The van der Waals surface area contributed by atoms with E-state index in [1.54, 1.807) is 6.08 Å². The maximum atomic E-state index is 11.2. The lowest BCUT2D eigenvalue weighted by Gasteiger charge is -2.20. The van der Waals surface area contributed by atoms with Crippen molar-refractivity contribution in [1.29, 1.82) is 0 Å². The van der Waals surface area contributed by atoms with E-state index in [0.29, 0.717) is 6.61 Å². The largest absolute Gasteiger partial charge is 0.466 e. The number of ether oxygens (including phenoxy) is 2. The number of hydrogen-bond donors (Lipinski definition) is 0. The van der Waals surface area contributed by atoms with Gasteiger partial charge in [-0.25, -0.2) is 4.79 Å². The summed E-state index contributed by atoms with van der Waals surface area (Å²) >= 11 is 0. The van der Waals surface area contributed by atoms with Crippen LogP contribution in [0.25, 0.3) is 6.08 Å². The molecule has 0 N–H and O–H groups in total. The number of carbonyl (C=O) groups excluding carboxylic acids is 1. The fourth-order valence-electron chi connectivity index (χ4n) is 2.38. The third-order valence-corrected chi connectivity index (χ3v) is 3.78. The molecule has 0 radical (unpaired) electrons. The summed E-state index contributed by atoms with van der Waals surface area (Å²) in [6.45, 7) is 1.51. The van der Waals surface area contributed by atoms with Gasteiger partial charge in [-0.1, -0.05) is 54.6 Å². The molecule has 0 bridgehead atoms. The van der Waals surface area contributed by atoms with Crippen LogP contribution in [0.1, 0.15) is 22.8 Å². The van der Waals surface area contributed by atoms with Crippen LogP contribution in [0.15, 0.2) is 60.7 Å². The molecule has 1 unspecified atom stereocenters. The maximum Gasteiger partial charge on any atom is 0.330 e. The van der Waals surface area contributed by atoms with Gasteiger partial charge >= 0.3 is 5.97 Å². The molecule has 4 nitrogen and oxygen atoms in total. The molecule has 0 aliphatic carbocycles. The zero-order chi connectivity index (χ0) is 18.1. The summed E-state index contributed by atoms with van der Waals surface area (Å²) < 4.78 is 10.8. The summed E-state index contributed by atoms with van der Waals surface area (Å²) in [5.41, 5.74) is 3.15. The van der Waals surface area contributed by atoms with Gasteiger partial charge in [0.25, 0.3) is 0 Å². The number of hydrogen-bond acceptors (Lipinski definition) is 4. The monoisotopic (exact) mass is 339 g/mol. The second-order valence-electron chi connectivity index (χ2n) is 5.99. The van der Waals surface area contributed by atoms with Crippen molar-refractivity contribution in [3.63, 3.8) is 0 Å². The van der Waals surface area contributed by atoms with Gasteiger partial charge in [-0.05, 0) is 36.9 Å². The predicted molar refractivity (Wildman–Crippen MR) is 100 cm³/mol. The third-order valence-electron chi connectivity index (χ3n) is 3.78. The molecule has 0 amide bonds. The van der Waals surface area contributed by atoms with Crippen LogP contribution in [0.2, 0.25) is 0 Å². The molecule has 2 rings (SSSR count). The topological polar surface area (TPSA) is 38.8 Å². The summed E-state index contributed by atoms with van der Waals surface area (Å²) in [5.74, 6) is -0.363. The van der Waals surface area contributed by atoms with Crippen LogP contribution in [0.3, 0.4) is 0 Å². The van der Waals surface area contributed by atoms with Crippen LogP contribution in [-0.2, 0) is 14.3 Å². The van der Waals surface area contributed by atoms with Gasteiger partial charge < -0.3 is 14.4 Å². The number of benzene rings is 2. The fourth-order valence-corrected chi connectivity index (χ4v) is 2.38. The molecule has 2 aromatic rings. The molecular weight excluding hydrogens is 314 g/mol. The van der Waals surface area contributed by atoms with Gasteiger partial charge in [0.15, 0.2) is 0 Å². The van der Waals surface area contributed by atoms with Crippen molar-refractivity contribution in [2.24, 2.45) is 0 Å². The van der Waals surface area contributed by atoms with Crippen LogP contribution in [0.5, 0.6) is 0 Å². The van der Waals surface area contributed by atoms with Crippen molar-refractivity contribution < 1.29 is 14.3 Å². The Kier molecular flexibility index (Phi) is 7.38. The molecule has 0 aliphatic heterocycles. The van der Waals surface area contributed by atoms with Gasteiger partial charge in [0.05, 0.1) is 13.7 Å². The molecule has 2 aromatic carbocycles. The quantitative estimate of drug-likeness (QED) is 0.545. The Hall–Kier alpha value is -2.43. The van der Waals surface area contributed by atoms with Crippen molar-refractivity contribution in [2.75, 3.05) is 34.4 Å². The van der Waals surface area contributed by atoms with Crippen molar-refractivity contribution in [3.8, 4) is 0 Å². The lowest BCUT2D eigenvalue weighted by Crippen LogP contribution is -2.20. The lowest BCUT2D eigenvalue weighted by molar-refractivity contribution is -0.134. The number of methoxy groups -OCH3 is 1. The third kappa shape index (κ3) is 6.18. The first-order chi connectivity index (χ1) is 12.1. The van der Waals surface area contributed by atoms with E-state index in [9.17, 15) is 4.79 Å². The molecule has 1 atom stereocenters. The lowest BCUT2D eigenvalue weighted by atomic mass is 10.00. The summed E-state index contributed by atoms with van der Waals surface area (Å²) in [7, 11) is 5.43. The van der Waals surface area contributed by atoms with Crippen molar-refractivity contribution in [3.05, 3.63) is 77.4 Å². The zero-order valence-corrected chi connectivity index (χ0v) is 15.0. The van der Waals surface area contributed by atoms with Gasteiger partial charge in [0.1, 0.15) is 6.10 Å². The van der Waals surface area contributed by atoms with Crippen LogP contribution in [-0.4, -0.2) is 45.2 Å². The van der Waals surface area contributed by atoms with E-state index in [1.165, 1.54) is 13.2 Å². The van der Waals surface area contributed by atoms with E-state index in [-0.39, 0.29) is 12.1 Å². The highest BCUT2D eigenvalue weighted by Crippen LogP contribution is 2.26. The Morgan fingerprint density at radius 2 is 1.68 bits per heavy atom. The second-order valence-corrected chi connectivity index (χ2v) is 5.99. The van der Waals surface area contributed by atoms with Gasteiger partial charge in [0, 0.05) is 12.6 Å². The Morgan fingerprint density at radius 3 is 2.28 bits per heavy atom. The first kappa shape index (κ1) is 18.9. The van der Waals surface area contributed by atoms with Crippen LogP contribution in [0.4, 0.5) is 0 Å². The molecule has 0 saturated heterocycles. The van der Waals surface area contributed by atoms with E-state index in [1.807, 2.05) is 56.6 Å². The highest BCUT2D eigenvalue weighted by atomic mass is 16.5. The Labute approximate surface area is 149 Å². The standard InChI is InChI=1S/C21H25NO3/c1-22(2)15-16-25-21(18-7-5-4-6-8-18)19-12-9-17(10-13-19)11-14-20(23)24-3/h4-14,21H,15-16H2,1-3H3/b14-11+. The van der Waals surface area contributed by atoms with E-state index < -0.39 is 0 Å². The molecule has 0 aromatic heterocycles. The van der Waals surface area contributed by atoms with Crippen molar-refractivity contribution in [2.45, 2.75) is 6.10 Å². The maximum absolute atomic E-state index is 11.2. The molecule has 0 spiro atoms. The molecule has 0 fully saturated rings. The summed E-state index contributed by atoms with van der Waals surface area (Å²) in [4.78, 5) is 13.3. The number of esters is 1. The molecule has 0 heterocycles. The van der Waals surface area contributed by atoms with Gasteiger partial charge in [0.2, 0.25) is 0 Å². The molecular formula is C21H25NO3. The molecule has 132 valence electrons. The van der Waals surface area contributed by atoms with E-state index >= 15 is 0 Å². The van der Waals surface area contributed by atoms with E-state index in [0.717, 1.165) is 23.2 Å². The van der Waals surface area contributed by atoms with Gasteiger partial charge in [-0.3, -0.25) is 0 Å². The first-order valence-electron chi connectivity index (χ1n) is 8.27. The molecule has 4 heteroatoms. The molecule has 25 heavy (non-hydrogen) atoms. The normalized spacial score (nSPS) is 12.5. The predicted octanol–water partition coefficient (Wildman–Crippen LogP) is 3.54. The minimum Gasteiger partial charge on any atom is -0.466 e. The summed E-state index contributed by atoms with van der Waals surface area (Å²) in [6.07, 6.45) is 3.04. The number of nitrogens with zero attached hydrogens (tertiary/aromatic N) is 1. The van der Waals surface area contributed by atoms with Crippen LogP contribution >= 0.6 is 0 Å². The highest BCUT2D eigenvalue weighted by molar-refractivity contribution is 5.86. The number of carbonyl (C=O) groups is 1. The van der Waals surface area contributed by atoms with Gasteiger partial charge in [-0.15, -0.1) is 0 Å². The smallest absolute Gasteiger partial charge is 0.330 e. The Morgan fingerprint density at radius 1 is 1.04 bits per heavy atom. The van der Waals surface area contributed by atoms with Crippen LogP contribution in [0, 0.1) is 0 Å². The van der Waals surface area contributed by atoms with E-state index in [4.69, 9.17) is 4.74 Å². The summed E-state index contributed by atoms with van der Waals surface area (Å²) in [5, 5.41) is 0. The molecule has 0 aliphatic rings. The fraction of sp³-hybridized carbons (Fsp3) is 0.286. The van der Waals surface area contributed by atoms with Crippen LogP contribution < -0.4 is 0 Å². The van der Waals surface area contributed by atoms with Gasteiger partial charge in [-0.2, -0.15) is 0 Å². The highest BCUT2D eigenvalue weighted by Gasteiger charge is 2.14. The SMILES string of the molecule is COC(=O)/C=C/c1ccc(C(OCCN(C)C)c2ccccc2)cc1. The Bertz CT molecular complexity index is 678. The average molecular weight is 339 g/mol.